The number of hydrogen-bond donors (Lipinski definition) is 0. The molecule has 146 valence electrons. The molecule has 0 unspecified atom stereocenters. The van der Waals surface area contributed by atoms with Crippen LogP contribution >= 0.6 is 0 Å². The molecule has 0 amide bonds. The second-order valence-corrected chi connectivity index (χ2v) is 8.38. The van der Waals surface area contributed by atoms with Crippen molar-refractivity contribution in [1.29, 1.82) is 5.26 Å². The van der Waals surface area contributed by atoms with E-state index in [1.54, 1.807) is 23.7 Å². The van der Waals surface area contributed by atoms with Crippen LogP contribution in [-0.4, -0.2) is 16.1 Å². The third kappa shape index (κ3) is 3.29. The summed E-state index contributed by atoms with van der Waals surface area (Å²) in [6, 6.07) is 16.1. The largest absolute Gasteiger partial charge is 0.339 e. The molecule has 5 rings (SSSR count). The molecule has 0 bridgehead atoms. The van der Waals surface area contributed by atoms with Crippen molar-refractivity contribution < 1.29 is 0 Å². The molecule has 5 heteroatoms. The normalized spacial score (nSPS) is 16.4. The van der Waals surface area contributed by atoms with Gasteiger partial charge in [-0.15, -0.1) is 0 Å². The monoisotopic (exact) mass is 384 g/mol. The van der Waals surface area contributed by atoms with Gasteiger partial charge in [-0.3, -0.25) is 4.79 Å². The molecule has 2 heterocycles. The maximum absolute atomic E-state index is 12.7. The lowest BCUT2D eigenvalue weighted by molar-refractivity contribution is 0.420. The summed E-state index contributed by atoms with van der Waals surface area (Å²) >= 11 is 0. The molecule has 0 radical (unpaired) electrons. The van der Waals surface area contributed by atoms with E-state index in [-0.39, 0.29) is 5.56 Å². The Morgan fingerprint density at radius 1 is 1.14 bits per heavy atom. The molecule has 2 aliphatic rings. The van der Waals surface area contributed by atoms with Crippen LogP contribution in [0, 0.1) is 17.2 Å². The van der Waals surface area contributed by atoms with Crippen molar-refractivity contribution in [2.24, 2.45) is 13.0 Å². The summed E-state index contributed by atoms with van der Waals surface area (Å²) in [7, 11) is 1.75. The molecule has 0 spiro atoms. The zero-order valence-electron chi connectivity index (χ0n) is 16.6. The number of aromatic nitrogens is 2. The lowest BCUT2D eigenvalue weighted by atomic mass is 9.80. The van der Waals surface area contributed by atoms with Gasteiger partial charge in [-0.2, -0.15) is 5.26 Å². The van der Waals surface area contributed by atoms with E-state index in [2.05, 4.69) is 40.2 Å². The summed E-state index contributed by atoms with van der Waals surface area (Å²) in [6.07, 6.45) is 6.33. The lowest BCUT2D eigenvalue weighted by Crippen LogP contribution is -2.25. The fourth-order valence-corrected chi connectivity index (χ4v) is 4.15. The van der Waals surface area contributed by atoms with Gasteiger partial charge >= 0.3 is 0 Å². The highest BCUT2D eigenvalue weighted by Gasteiger charge is 2.27. The Labute approximate surface area is 170 Å². The predicted octanol–water partition coefficient (Wildman–Crippen LogP) is 4.62. The zero-order valence-corrected chi connectivity index (χ0v) is 16.6. The van der Waals surface area contributed by atoms with Gasteiger partial charge in [-0.1, -0.05) is 18.6 Å². The minimum atomic E-state index is -0.0640. The van der Waals surface area contributed by atoms with E-state index in [0.29, 0.717) is 23.0 Å². The first-order valence-corrected chi connectivity index (χ1v) is 10.4. The first-order chi connectivity index (χ1) is 14.1. The van der Waals surface area contributed by atoms with Crippen molar-refractivity contribution in [3.8, 4) is 6.07 Å². The molecule has 0 atom stereocenters. The molecule has 2 saturated carbocycles. The van der Waals surface area contributed by atoms with Gasteiger partial charge in [0.15, 0.2) is 0 Å². The Hall–Kier alpha value is -3.13. The Kier molecular flexibility index (Phi) is 4.35. The highest BCUT2D eigenvalue weighted by molar-refractivity contribution is 5.91. The Bertz CT molecular complexity index is 1160. The minimum Gasteiger partial charge on any atom is -0.339 e. The van der Waals surface area contributed by atoms with E-state index < -0.39 is 0 Å². The highest BCUT2D eigenvalue weighted by Crippen LogP contribution is 2.40. The lowest BCUT2D eigenvalue weighted by Gasteiger charge is -2.29. The first-order valence-electron chi connectivity index (χ1n) is 10.4. The number of aryl methyl sites for hydroxylation is 1. The smallest absolute Gasteiger partial charge is 0.252 e. The van der Waals surface area contributed by atoms with Crippen molar-refractivity contribution in [2.45, 2.75) is 38.0 Å². The maximum Gasteiger partial charge on any atom is 0.252 e. The van der Waals surface area contributed by atoms with E-state index in [1.165, 1.54) is 37.7 Å². The van der Waals surface area contributed by atoms with Crippen molar-refractivity contribution in [1.82, 2.24) is 9.55 Å². The summed E-state index contributed by atoms with van der Waals surface area (Å²) in [5.41, 5.74) is 5.04. The first kappa shape index (κ1) is 17.9. The third-order valence-corrected chi connectivity index (χ3v) is 6.39. The van der Waals surface area contributed by atoms with Gasteiger partial charge in [0.1, 0.15) is 17.3 Å². The highest BCUT2D eigenvalue weighted by atomic mass is 16.1. The number of nitriles is 1. The maximum atomic E-state index is 12.7. The average Bonchev–Trinajstić information content (AvgIpc) is 3.52. The van der Waals surface area contributed by atoms with Gasteiger partial charge in [-0.25, -0.2) is 4.98 Å². The molecular weight excluding hydrogens is 360 g/mol. The predicted molar refractivity (Wildman–Crippen MR) is 114 cm³/mol. The molecule has 5 nitrogen and oxygen atoms in total. The van der Waals surface area contributed by atoms with Gasteiger partial charge in [0.25, 0.3) is 5.56 Å². The van der Waals surface area contributed by atoms with E-state index in [4.69, 9.17) is 0 Å². The average molecular weight is 384 g/mol. The van der Waals surface area contributed by atoms with Gasteiger partial charge in [-0.05, 0) is 67.3 Å². The number of anilines is 2. The number of pyridine rings is 2. The van der Waals surface area contributed by atoms with Crippen molar-refractivity contribution in [3.63, 3.8) is 0 Å². The summed E-state index contributed by atoms with van der Waals surface area (Å²) in [4.78, 5) is 19.5. The molecule has 1 aromatic carbocycles. The van der Waals surface area contributed by atoms with Crippen LogP contribution in [0.3, 0.4) is 0 Å². The molecule has 0 aliphatic heterocycles. The molecule has 2 aromatic heterocycles. The van der Waals surface area contributed by atoms with E-state index >= 15 is 0 Å². The van der Waals surface area contributed by atoms with E-state index in [1.807, 2.05) is 6.07 Å². The SMILES string of the molecule is Cn1c(=O)cc(N(CC2CC2)c2ccc(C3CCC3)cc2)c2nc(C#N)ccc21. The molecule has 0 saturated heterocycles. The van der Waals surface area contributed by atoms with Crippen LogP contribution < -0.4 is 10.5 Å². The van der Waals surface area contributed by atoms with Crippen LogP contribution in [0.2, 0.25) is 0 Å². The molecular formula is C24H24N4O. The standard InChI is InChI=1S/C24H24N4O/c1-27-21-12-9-19(14-25)26-24(21)22(13-23(27)29)28(15-16-5-6-16)20-10-7-18(8-11-20)17-3-2-4-17/h7-13,16-17H,2-6,15H2,1H3. The fraction of sp³-hybridized carbons (Fsp3) is 0.375. The topological polar surface area (TPSA) is 61.9 Å². The second kappa shape index (κ2) is 7.04. The molecule has 3 aromatic rings. The number of fused-ring (bicyclic) bond motifs is 1. The number of benzene rings is 1. The van der Waals surface area contributed by atoms with Crippen LogP contribution in [0.25, 0.3) is 11.0 Å². The molecule has 2 aliphatic carbocycles. The second-order valence-electron chi connectivity index (χ2n) is 8.38. The summed E-state index contributed by atoms with van der Waals surface area (Å²) in [6.45, 7) is 0.865. The van der Waals surface area contributed by atoms with E-state index in [9.17, 15) is 10.1 Å². The number of nitrogens with zero attached hydrogens (tertiary/aromatic N) is 4. The molecule has 2 fully saturated rings. The van der Waals surface area contributed by atoms with Crippen LogP contribution in [-0.2, 0) is 7.05 Å². The van der Waals surface area contributed by atoms with E-state index in [0.717, 1.165) is 23.4 Å². The van der Waals surface area contributed by atoms with Crippen LogP contribution in [0.5, 0.6) is 0 Å². The quantitative estimate of drug-likeness (QED) is 0.644. The summed E-state index contributed by atoms with van der Waals surface area (Å²) < 4.78 is 1.60. The zero-order chi connectivity index (χ0) is 20.0. The summed E-state index contributed by atoms with van der Waals surface area (Å²) in [5, 5.41) is 9.34. The van der Waals surface area contributed by atoms with Crippen LogP contribution in [0.4, 0.5) is 11.4 Å². The fourth-order valence-electron chi connectivity index (χ4n) is 4.15. The van der Waals surface area contributed by atoms with Gasteiger partial charge in [0, 0.05) is 25.3 Å². The molecule has 29 heavy (non-hydrogen) atoms. The van der Waals surface area contributed by atoms with Crippen LogP contribution in [0.1, 0.15) is 49.3 Å². The number of hydrogen-bond acceptors (Lipinski definition) is 4. The number of rotatable bonds is 5. The molecule has 0 N–H and O–H groups in total. The van der Waals surface area contributed by atoms with Crippen molar-refractivity contribution in [3.05, 3.63) is 64.1 Å². The Morgan fingerprint density at radius 2 is 1.90 bits per heavy atom. The van der Waals surface area contributed by atoms with Crippen molar-refractivity contribution in [2.75, 3.05) is 11.4 Å². The Morgan fingerprint density at radius 3 is 2.52 bits per heavy atom. The van der Waals surface area contributed by atoms with Gasteiger partial charge < -0.3 is 9.47 Å². The summed E-state index contributed by atoms with van der Waals surface area (Å²) in [5.74, 6) is 1.34. The Balaban J connectivity index is 1.64. The minimum absolute atomic E-state index is 0.0640. The van der Waals surface area contributed by atoms with Crippen molar-refractivity contribution >= 4 is 22.4 Å². The van der Waals surface area contributed by atoms with Gasteiger partial charge in [0.2, 0.25) is 0 Å². The van der Waals surface area contributed by atoms with Gasteiger partial charge in [0.05, 0.1) is 11.2 Å². The third-order valence-electron chi connectivity index (χ3n) is 6.39. The van der Waals surface area contributed by atoms with Crippen LogP contribution in [0.15, 0.2) is 47.3 Å².